The summed E-state index contributed by atoms with van der Waals surface area (Å²) in [4.78, 5) is 24.2. The fourth-order valence-corrected chi connectivity index (χ4v) is 1.85. The summed E-state index contributed by atoms with van der Waals surface area (Å²) in [6.07, 6.45) is 1.11. The topological polar surface area (TPSA) is 69.6 Å². The monoisotopic (exact) mass is 278 g/mol. The van der Waals surface area contributed by atoms with Crippen LogP contribution in [0.5, 0.6) is 0 Å². The van der Waals surface area contributed by atoms with Crippen LogP contribution in [0.25, 0.3) is 0 Å². The molecule has 5 nitrogen and oxygen atoms in total. The molecule has 0 spiro atoms. The number of carboxylic acids is 1. The van der Waals surface area contributed by atoms with E-state index < -0.39 is 5.97 Å². The Balaban J connectivity index is 2.64. The summed E-state index contributed by atoms with van der Waals surface area (Å²) in [6, 6.07) is 9.41. The number of nitrogens with one attached hydrogen (secondary N) is 1. The van der Waals surface area contributed by atoms with Crippen LogP contribution in [0.15, 0.2) is 30.3 Å². The second kappa shape index (κ2) is 8.19. The minimum atomic E-state index is -0.846. The maximum Gasteiger partial charge on any atom is 0.317 e. The maximum atomic E-state index is 11.9. The molecule has 0 bridgehead atoms. The van der Waals surface area contributed by atoms with Gasteiger partial charge in [-0.15, -0.1) is 0 Å². The van der Waals surface area contributed by atoms with Crippen LogP contribution in [0.3, 0.4) is 0 Å². The highest BCUT2D eigenvalue weighted by molar-refractivity contribution is 5.74. The van der Waals surface area contributed by atoms with Gasteiger partial charge in [0, 0.05) is 26.1 Å². The summed E-state index contributed by atoms with van der Waals surface area (Å²) in [5, 5.41) is 11.7. The Labute approximate surface area is 119 Å². The van der Waals surface area contributed by atoms with Crippen LogP contribution < -0.4 is 5.32 Å². The second-order valence-electron chi connectivity index (χ2n) is 4.78. The van der Waals surface area contributed by atoms with Crippen molar-refractivity contribution >= 4 is 12.0 Å². The molecule has 1 aromatic carbocycles. The Morgan fingerprint density at radius 1 is 1.30 bits per heavy atom. The quantitative estimate of drug-likeness (QED) is 0.802. The van der Waals surface area contributed by atoms with Crippen LogP contribution in [-0.2, 0) is 11.2 Å². The molecule has 0 aliphatic carbocycles. The van der Waals surface area contributed by atoms with Gasteiger partial charge in [0.05, 0.1) is 0 Å². The molecule has 0 heterocycles. The van der Waals surface area contributed by atoms with E-state index >= 15 is 0 Å². The Hall–Kier alpha value is -2.04. The van der Waals surface area contributed by atoms with Gasteiger partial charge in [-0.3, -0.25) is 4.79 Å². The molecule has 5 heteroatoms. The van der Waals surface area contributed by atoms with E-state index in [1.807, 2.05) is 37.3 Å². The number of carboxylic acid groups (broad SMARTS) is 1. The van der Waals surface area contributed by atoms with Crippen LogP contribution in [0.1, 0.15) is 25.3 Å². The molecule has 0 saturated carbocycles. The van der Waals surface area contributed by atoms with Gasteiger partial charge in [0.15, 0.2) is 0 Å². The highest BCUT2D eigenvalue weighted by atomic mass is 16.4. The van der Waals surface area contributed by atoms with Crippen molar-refractivity contribution in [3.63, 3.8) is 0 Å². The number of amides is 2. The van der Waals surface area contributed by atoms with Gasteiger partial charge in [-0.05, 0) is 25.3 Å². The lowest BCUT2D eigenvalue weighted by Crippen LogP contribution is -2.44. The fourth-order valence-electron chi connectivity index (χ4n) is 1.85. The Kier molecular flexibility index (Phi) is 6.56. The summed E-state index contributed by atoms with van der Waals surface area (Å²) in [5.41, 5.74) is 1.09. The van der Waals surface area contributed by atoms with Crippen LogP contribution >= 0.6 is 0 Å². The summed E-state index contributed by atoms with van der Waals surface area (Å²) >= 11 is 0. The third kappa shape index (κ3) is 5.73. The smallest absolute Gasteiger partial charge is 0.317 e. The molecular weight excluding hydrogens is 256 g/mol. The molecule has 0 aliphatic heterocycles. The first-order valence-corrected chi connectivity index (χ1v) is 6.80. The Morgan fingerprint density at radius 2 is 1.95 bits per heavy atom. The highest BCUT2D eigenvalue weighted by Gasteiger charge is 2.16. The standard InChI is InChI=1S/C15H22N2O3/c1-3-17(2)15(20)16-13(9-10-14(18)19)11-12-7-5-4-6-8-12/h4-8,13H,3,9-11H2,1-2H3,(H,16,20)(H,18,19). The van der Waals surface area contributed by atoms with Crippen molar-refractivity contribution in [2.24, 2.45) is 0 Å². The van der Waals surface area contributed by atoms with E-state index in [9.17, 15) is 9.59 Å². The summed E-state index contributed by atoms with van der Waals surface area (Å²) in [7, 11) is 1.71. The van der Waals surface area contributed by atoms with Gasteiger partial charge in [0.1, 0.15) is 0 Å². The maximum absolute atomic E-state index is 11.9. The van der Waals surface area contributed by atoms with Gasteiger partial charge in [-0.1, -0.05) is 30.3 Å². The Morgan fingerprint density at radius 3 is 2.50 bits per heavy atom. The van der Waals surface area contributed by atoms with E-state index in [2.05, 4.69) is 5.32 Å². The highest BCUT2D eigenvalue weighted by Crippen LogP contribution is 2.08. The molecule has 0 saturated heterocycles. The number of aliphatic carboxylic acids is 1. The Bertz CT molecular complexity index is 434. The minimum Gasteiger partial charge on any atom is -0.481 e. The predicted octanol–water partition coefficient (Wildman–Crippen LogP) is 2.12. The van der Waals surface area contributed by atoms with E-state index in [0.717, 1.165) is 5.56 Å². The van der Waals surface area contributed by atoms with Crippen LogP contribution in [-0.4, -0.2) is 41.6 Å². The number of nitrogens with zero attached hydrogens (tertiary/aromatic N) is 1. The first kappa shape index (κ1) is 16.0. The average molecular weight is 278 g/mol. The first-order valence-electron chi connectivity index (χ1n) is 6.80. The van der Waals surface area contributed by atoms with Crippen LogP contribution in [0, 0.1) is 0 Å². The number of carbonyl (C=O) groups excluding carboxylic acids is 1. The van der Waals surface area contributed by atoms with Crippen molar-refractivity contribution < 1.29 is 14.7 Å². The molecule has 2 N–H and O–H groups in total. The average Bonchev–Trinajstić information content (AvgIpc) is 2.44. The van der Waals surface area contributed by atoms with E-state index in [0.29, 0.717) is 19.4 Å². The molecule has 0 fully saturated rings. The van der Waals surface area contributed by atoms with Gasteiger partial charge in [0.2, 0.25) is 0 Å². The molecule has 20 heavy (non-hydrogen) atoms. The number of carbonyl (C=O) groups is 2. The van der Waals surface area contributed by atoms with Gasteiger partial charge in [-0.2, -0.15) is 0 Å². The molecule has 1 atom stereocenters. The molecule has 0 aromatic heterocycles. The van der Waals surface area contributed by atoms with Gasteiger partial charge >= 0.3 is 12.0 Å². The number of hydrogen-bond acceptors (Lipinski definition) is 2. The largest absolute Gasteiger partial charge is 0.481 e. The molecule has 1 aromatic rings. The number of benzene rings is 1. The molecule has 1 rings (SSSR count). The lowest BCUT2D eigenvalue weighted by Gasteiger charge is -2.22. The van der Waals surface area contributed by atoms with Crippen LogP contribution in [0.4, 0.5) is 4.79 Å². The van der Waals surface area contributed by atoms with Gasteiger partial charge in [0.25, 0.3) is 0 Å². The van der Waals surface area contributed by atoms with E-state index in [1.165, 1.54) is 0 Å². The second-order valence-corrected chi connectivity index (χ2v) is 4.78. The number of urea groups is 1. The normalized spacial score (nSPS) is 11.7. The zero-order chi connectivity index (χ0) is 15.0. The van der Waals surface area contributed by atoms with E-state index in [4.69, 9.17) is 5.11 Å². The zero-order valence-electron chi connectivity index (χ0n) is 12.0. The van der Waals surface area contributed by atoms with Gasteiger partial charge in [-0.25, -0.2) is 4.79 Å². The molecule has 2 amide bonds. The number of rotatable bonds is 7. The predicted molar refractivity (Wildman–Crippen MR) is 77.6 cm³/mol. The minimum absolute atomic E-state index is 0.0492. The first-order chi connectivity index (χ1) is 9.52. The van der Waals surface area contributed by atoms with Crippen molar-refractivity contribution in [3.8, 4) is 0 Å². The molecule has 110 valence electrons. The molecule has 0 radical (unpaired) electrons. The van der Waals surface area contributed by atoms with Gasteiger partial charge < -0.3 is 15.3 Å². The third-order valence-electron chi connectivity index (χ3n) is 3.18. The molecule has 0 aliphatic rings. The van der Waals surface area contributed by atoms with E-state index in [1.54, 1.807) is 11.9 Å². The van der Waals surface area contributed by atoms with Crippen LogP contribution in [0.2, 0.25) is 0 Å². The lowest BCUT2D eigenvalue weighted by atomic mass is 10.0. The SMILES string of the molecule is CCN(C)C(=O)NC(CCC(=O)O)Cc1ccccc1. The molecule has 1 unspecified atom stereocenters. The van der Waals surface area contributed by atoms with Crippen molar-refractivity contribution in [1.29, 1.82) is 0 Å². The van der Waals surface area contributed by atoms with Crippen molar-refractivity contribution in [2.75, 3.05) is 13.6 Å². The molecular formula is C15H22N2O3. The zero-order valence-corrected chi connectivity index (χ0v) is 12.0. The summed E-state index contributed by atoms with van der Waals surface area (Å²) in [5.74, 6) is -0.846. The van der Waals surface area contributed by atoms with Crippen molar-refractivity contribution in [2.45, 2.75) is 32.2 Å². The lowest BCUT2D eigenvalue weighted by molar-refractivity contribution is -0.137. The summed E-state index contributed by atoms with van der Waals surface area (Å²) < 4.78 is 0. The summed E-state index contributed by atoms with van der Waals surface area (Å²) in [6.45, 7) is 2.51. The number of hydrogen-bond donors (Lipinski definition) is 2. The van der Waals surface area contributed by atoms with Crippen molar-refractivity contribution in [1.82, 2.24) is 10.2 Å². The third-order valence-corrected chi connectivity index (χ3v) is 3.18. The van der Waals surface area contributed by atoms with Crippen molar-refractivity contribution in [3.05, 3.63) is 35.9 Å². The van der Waals surface area contributed by atoms with E-state index in [-0.39, 0.29) is 18.5 Å². The fraction of sp³-hybridized carbons (Fsp3) is 0.467.